The van der Waals surface area contributed by atoms with Gasteiger partial charge in [0.05, 0.1) is 5.75 Å². The van der Waals surface area contributed by atoms with Crippen molar-refractivity contribution in [1.82, 2.24) is 4.72 Å². The van der Waals surface area contributed by atoms with Crippen molar-refractivity contribution in [3.63, 3.8) is 0 Å². The van der Waals surface area contributed by atoms with Crippen molar-refractivity contribution in [1.29, 1.82) is 0 Å². The lowest BCUT2D eigenvalue weighted by atomic mass is 10.1. The molecule has 1 aromatic carbocycles. The molecule has 0 fully saturated rings. The average molecular weight is 256 g/mol. The van der Waals surface area contributed by atoms with Crippen LogP contribution >= 0.6 is 0 Å². The van der Waals surface area contributed by atoms with Crippen LogP contribution < -0.4 is 10.5 Å². The van der Waals surface area contributed by atoms with Crippen molar-refractivity contribution in [3.05, 3.63) is 35.9 Å². The van der Waals surface area contributed by atoms with E-state index in [0.29, 0.717) is 6.42 Å². The van der Waals surface area contributed by atoms with E-state index in [2.05, 4.69) is 4.72 Å². The van der Waals surface area contributed by atoms with E-state index < -0.39 is 10.0 Å². The van der Waals surface area contributed by atoms with Gasteiger partial charge < -0.3 is 5.73 Å². The van der Waals surface area contributed by atoms with Crippen molar-refractivity contribution in [2.24, 2.45) is 5.73 Å². The Bertz CT molecular complexity index is 417. The second-order valence-corrected chi connectivity index (χ2v) is 5.96. The molecule has 1 aromatic rings. The second-order valence-electron chi connectivity index (χ2n) is 4.04. The molecular formula is C12H20N2O2S. The number of benzene rings is 1. The van der Waals surface area contributed by atoms with Crippen LogP contribution in [0, 0.1) is 0 Å². The van der Waals surface area contributed by atoms with E-state index in [1.807, 2.05) is 37.3 Å². The lowest BCUT2D eigenvalue weighted by molar-refractivity contribution is 0.569. The van der Waals surface area contributed by atoms with Crippen molar-refractivity contribution in [2.45, 2.75) is 25.8 Å². The maximum absolute atomic E-state index is 11.6. The fraction of sp³-hybridized carbons (Fsp3) is 0.500. The predicted molar refractivity (Wildman–Crippen MR) is 70.1 cm³/mol. The van der Waals surface area contributed by atoms with Gasteiger partial charge in [-0.25, -0.2) is 13.1 Å². The van der Waals surface area contributed by atoms with E-state index in [1.54, 1.807) is 0 Å². The van der Waals surface area contributed by atoms with Gasteiger partial charge in [-0.1, -0.05) is 43.7 Å². The molecule has 0 aromatic heterocycles. The van der Waals surface area contributed by atoms with E-state index >= 15 is 0 Å². The van der Waals surface area contributed by atoms with Gasteiger partial charge in [-0.05, 0) is 12.0 Å². The Hall–Kier alpha value is -0.910. The van der Waals surface area contributed by atoms with Gasteiger partial charge in [0.15, 0.2) is 0 Å². The number of hydrogen-bond acceptors (Lipinski definition) is 3. The molecule has 4 nitrogen and oxygen atoms in total. The fourth-order valence-electron chi connectivity index (χ4n) is 1.44. The molecule has 0 aliphatic heterocycles. The highest BCUT2D eigenvalue weighted by Crippen LogP contribution is 2.08. The van der Waals surface area contributed by atoms with Gasteiger partial charge in [-0.2, -0.15) is 0 Å². The second kappa shape index (κ2) is 6.74. The summed E-state index contributed by atoms with van der Waals surface area (Å²) in [6.45, 7) is 2.21. The summed E-state index contributed by atoms with van der Waals surface area (Å²) in [5, 5.41) is 0. The Kier molecular flexibility index (Phi) is 5.61. The molecule has 0 bridgehead atoms. The zero-order chi connectivity index (χ0) is 12.7. The van der Waals surface area contributed by atoms with Crippen molar-refractivity contribution in [3.8, 4) is 0 Å². The first-order valence-electron chi connectivity index (χ1n) is 5.83. The van der Waals surface area contributed by atoms with Crippen molar-refractivity contribution < 1.29 is 8.42 Å². The van der Waals surface area contributed by atoms with Crippen LogP contribution in [0.2, 0.25) is 0 Å². The number of nitrogens with two attached hydrogens (primary N) is 1. The Morgan fingerprint density at radius 1 is 1.29 bits per heavy atom. The summed E-state index contributed by atoms with van der Waals surface area (Å²) in [6.07, 6.45) is 1.54. The standard InChI is InChI=1S/C12H20N2O2S/c1-2-3-9-17(15,16)14-10-12(13)11-7-5-4-6-8-11/h4-8,12,14H,2-3,9-10,13H2,1H3. The highest BCUT2D eigenvalue weighted by Gasteiger charge is 2.12. The van der Waals surface area contributed by atoms with Gasteiger partial charge in [0, 0.05) is 12.6 Å². The summed E-state index contributed by atoms with van der Waals surface area (Å²) in [7, 11) is -3.18. The zero-order valence-corrected chi connectivity index (χ0v) is 10.9. The molecular weight excluding hydrogens is 236 g/mol. The van der Waals surface area contributed by atoms with Crippen LogP contribution in [-0.2, 0) is 10.0 Å². The first kappa shape index (κ1) is 14.2. The minimum absolute atomic E-state index is 0.172. The number of unbranched alkanes of at least 4 members (excludes halogenated alkanes) is 1. The topological polar surface area (TPSA) is 72.2 Å². The third-order valence-corrected chi connectivity index (χ3v) is 3.95. The van der Waals surface area contributed by atoms with Crippen molar-refractivity contribution in [2.75, 3.05) is 12.3 Å². The lowest BCUT2D eigenvalue weighted by Crippen LogP contribution is -2.33. The van der Waals surface area contributed by atoms with Gasteiger partial charge in [-0.15, -0.1) is 0 Å². The highest BCUT2D eigenvalue weighted by molar-refractivity contribution is 7.89. The molecule has 3 N–H and O–H groups in total. The van der Waals surface area contributed by atoms with Crippen LogP contribution in [0.1, 0.15) is 31.4 Å². The summed E-state index contributed by atoms with van der Waals surface area (Å²) < 4.78 is 25.7. The maximum Gasteiger partial charge on any atom is 0.211 e. The summed E-state index contributed by atoms with van der Waals surface area (Å²) in [4.78, 5) is 0. The van der Waals surface area contributed by atoms with E-state index in [0.717, 1.165) is 12.0 Å². The first-order chi connectivity index (χ1) is 8.05. The first-order valence-corrected chi connectivity index (χ1v) is 7.48. The summed E-state index contributed by atoms with van der Waals surface area (Å²) in [6, 6.07) is 9.17. The SMILES string of the molecule is CCCCS(=O)(=O)NCC(N)c1ccccc1. The van der Waals surface area contributed by atoms with Crippen LogP contribution in [0.4, 0.5) is 0 Å². The Labute approximate surface area is 103 Å². The van der Waals surface area contributed by atoms with Crippen LogP contribution in [0.25, 0.3) is 0 Å². The van der Waals surface area contributed by atoms with Gasteiger partial charge in [0.2, 0.25) is 10.0 Å². The summed E-state index contributed by atoms with van der Waals surface area (Å²) >= 11 is 0. The van der Waals surface area contributed by atoms with Crippen LogP contribution in [-0.4, -0.2) is 20.7 Å². The normalized spacial score (nSPS) is 13.5. The van der Waals surface area contributed by atoms with E-state index in [1.165, 1.54) is 0 Å². The van der Waals surface area contributed by atoms with Gasteiger partial charge in [-0.3, -0.25) is 0 Å². The fourth-order valence-corrected chi connectivity index (χ4v) is 2.69. The molecule has 0 heterocycles. The predicted octanol–water partition coefficient (Wildman–Crippen LogP) is 1.41. The highest BCUT2D eigenvalue weighted by atomic mass is 32.2. The van der Waals surface area contributed by atoms with E-state index in [4.69, 9.17) is 5.73 Å². The van der Waals surface area contributed by atoms with Gasteiger partial charge >= 0.3 is 0 Å². The molecule has 0 saturated heterocycles. The molecule has 1 atom stereocenters. The average Bonchev–Trinajstić information content (AvgIpc) is 2.35. The van der Waals surface area contributed by atoms with E-state index in [-0.39, 0.29) is 18.3 Å². The molecule has 0 radical (unpaired) electrons. The minimum atomic E-state index is -3.18. The lowest BCUT2D eigenvalue weighted by Gasteiger charge is -2.13. The molecule has 0 aliphatic carbocycles. The number of hydrogen-bond donors (Lipinski definition) is 2. The Morgan fingerprint density at radius 2 is 1.94 bits per heavy atom. The molecule has 96 valence electrons. The molecule has 0 amide bonds. The van der Waals surface area contributed by atoms with Gasteiger partial charge in [0.25, 0.3) is 0 Å². The number of rotatable bonds is 7. The molecule has 0 spiro atoms. The molecule has 17 heavy (non-hydrogen) atoms. The molecule has 5 heteroatoms. The maximum atomic E-state index is 11.6. The zero-order valence-electron chi connectivity index (χ0n) is 10.1. The molecule has 0 saturated carbocycles. The molecule has 1 unspecified atom stereocenters. The minimum Gasteiger partial charge on any atom is -0.323 e. The summed E-state index contributed by atoms with van der Waals surface area (Å²) in [5.41, 5.74) is 6.84. The Balaban J connectivity index is 2.46. The van der Waals surface area contributed by atoms with Crippen LogP contribution in [0.3, 0.4) is 0 Å². The number of sulfonamides is 1. The third kappa shape index (κ3) is 5.30. The third-order valence-electron chi connectivity index (χ3n) is 2.52. The monoisotopic (exact) mass is 256 g/mol. The van der Waals surface area contributed by atoms with Gasteiger partial charge in [0.1, 0.15) is 0 Å². The van der Waals surface area contributed by atoms with E-state index in [9.17, 15) is 8.42 Å². The van der Waals surface area contributed by atoms with Crippen LogP contribution in [0.5, 0.6) is 0 Å². The number of nitrogens with one attached hydrogen (secondary N) is 1. The van der Waals surface area contributed by atoms with Crippen molar-refractivity contribution >= 4 is 10.0 Å². The molecule has 1 rings (SSSR count). The Morgan fingerprint density at radius 3 is 2.53 bits per heavy atom. The largest absolute Gasteiger partial charge is 0.323 e. The quantitative estimate of drug-likeness (QED) is 0.774. The summed E-state index contributed by atoms with van der Waals surface area (Å²) in [5.74, 6) is 0.172. The smallest absolute Gasteiger partial charge is 0.211 e. The molecule has 0 aliphatic rings. The van der Waals surface area contributed by atoms with Crippen LogP contribution in [0.15, 0.2) is 30.3 Å².